The van der Waals surface area contributed by atoms with Gasteiger partial charge >= 0.3 is 0 Å². The zero-order chi connectivity index (χ0) is 21.1. The quantitative estimate of drug-likeness (QED) is 0.632. The first kappa shape index (κ1) is 20.3. The van der Waals surface area contributed by atoms with E-state index in [0.29, 0.717) is 11.9 Å². The number of nitrogens with one attached hydrogen (secondary N) is 1. The van der Waals surface area contributed by atoms with E-state index in [1.54, 1.807) is 25.7 Å². The van der Waals surface area contributed by atoms with Gasteiger partial charge in [0.25, 0.3) is 0 Å². The Bertz CT molecular complexity index is 1020. The molecule has 0 spiro atoms. The molecule has 1 fully saturated rings. The maximum absolute atomic E-state index is 5.54. The van der Waals surface area contributed by atoms with Gasteiger partial charge in [0.2, 0.25) is 0 Å². The summed E-state index contributed by atoms with van der Waals surface area (Å²) in [5.74, 6) is 2.47. The molecule has 6 nitrogen and oxygen atoms in total. The van der Waals surface area contributed by atoms with Crippen LogP contribution in [0.25, 0.3) is 0 Å². The maximum Gasteiger partial charge on any atom is 0.150 e. The van der Waals surface area contributed by atoms with Gasteiger partial charge in [-0.15, -0.1) is 0 Å². The minimum absolute atomic E-state index is 0.315. The number of hydrogen-bond donors (Lipinski definition) is 1. The number of likely N-dealkylation sites (tertiary alicyclic amines) is 1. The number of hydrogen-bond acceptors (Lipinski definition) is 6. The number of aromatic nitrogens is 3. The van der Waals surface area contributed by atoms with Gasteiger partial charge in [0.15, 0.2) is 0 Å². The highest BCUT2D eigenvalue weighted by molar-refractivity contribution is 5.50. The van der Waals surface area contributed by atoms with Crippen LogP contribution in [0.4, 0.5) is 11.6 Å². The van der Waals surface area contributed by atoms with E-state index in [2.05, 4.69) is 59.2 Å². The largest absolute Gasteiger partial charge is 0.496 e. The van der Waals surface area contributed by atoms with Crippen molar-refractivity contribution in [2.75, 3.05) is 19.0 Å². The molecule has 0 aliphatic carbocycles. The minimum atomic E-state index is 0.315. The number of anilines is 2. The zero-order valence-electron chi connectivity index (χ0n) is 18.1. The highest BCUT2D eigenvalue weighted by Crippen LogP contribution is 2.35. The summed E-state index contributed by atoms with van der Waals surface area (Å²) >= 11 is 0. The lowest BCUT2D eigenvalue weighted by molar-refractivity contribution is 0.243. The second kappa shape index (κ2) is 8.79. The number of benzene rings is 1. The van der Waals surface area contributed by atoms with Crippen molar-refractivity contribution >= 4 is 11.6 Å². The van der Waals surface area contributed by atoms with Crippen LogP contribution in [0.2, 0.25) is 0 Å². The van der Waals surface area contributed by atoms with Crippen molar-refractivity contribution in [1.29, 1.82) is 0 Å². The number of aryl methyl sites for hydroxylation is 1. The Morgan fingerprint density at radius 1 is 1.13 bits per heavy atom. The zero-order valence-corrected chi connectivity index (χ0v) is 18.1. The Morgan fingerprint density at radius 2 is 2.00 bits per heavy atom. The lowest BCUT2D eigenvalue weighted by atomic mass is 9.96. The van der Waals surface area contributed by atoms with Crippen LogP contribution in [0.15, 0.2) is 42.9 Å². The Kier molecular flexibility index (Phi) is 5.95. The molecule has 0 radical (unpaired) electrons. The van der Waals surface area contributed by atoms with Gasteiger partial charge in [0.05, 0.1) is 25.0 Å². The van der Waals surface area contributed by atoms with E-state index in [9.17, 15) is 0 Å². The van der Waals surface area contributed by atoms with Gasteiger partial charge in [-0.3, -0.25) is 9.88 Å². The molecule has 3 heterocycles. The third kappa shape index (κ3) is 4.14. The Labute approximate surface area is 178 Å². The van der Waals surface area contributed by atoms with Crippen LogP contribution < -0.4 is 10.1 Å². The summed E-state index contributed by atoms with van der Waals surface area (Å²) in [6.45, 7) is 8.53. The molecule has 1 saturated heterocycles. The first-order valence-corrected chi connectivity index (χ1v) is 10.4. The number of nitrogens with zero attached hydrogens (tertiary/aromatic N) is 4. The average Bonchev–Trinajstić information content (AvgIpc) is 3.23. The van der Waals surface area contributed by atoms with E-state index in [1.807, 2.05) is 6.07 Å². The van der Waals surface area contributed by atoms with Gasteiger partial charge in [-0.25, -0.2) is 9.97 Å². The highest BCUT2D eigenvalue weighted by Gasteiger charge is 2.28. The van der Waals surface area contributed by atoms with E-state index in [1.165, 1.54) is 28.7 Å². The normalized spacial score (nSPS) is 16.6. The molecule has 1 aliphatic rings. The van der Waals surface area contributed by atoms with Crippen LogP contribution >= 0.6 is 0 Å². The summed E-state index contributed by atoms with van der Waals surface area (Å²) in [6, 6.07) is 8.63. The summed E-state index contributed by atoms with van der Waals surface area (Å²) in [4.78, 5) is 15.8. The Balaban J connectivity index is 1.56. The van der Waals surface area contributed by atoms with E-state index in [-0.39, 0.29) is 0 Å². The van der Waals surface area contributed by atoms with Crippen LogP contribution in [0.3, 0.4) is 0 Å². The SMILES string of the molecule is COc1cc(C)c(CN2CCCC2c2cccc(Nc3cnccn3)n2)c(C)c1C. The molecule has 2 aromatic heterocycles. The molecule has 1 aromatic carbocycles. The molecule has 0 amide bonds. The summed E-state index contributed by atoms with van der Waals surface area (Å²) in [5, 5.41) is 3.25. The van der Waals surface area contributed by atoms with E-state index >= 15 is 0 Å². The second-order valence-electron chi connectivity index (χ2n) is 7.92. The van der Waals surface area contributed by atoms with Gasteiger partial charge in [-0.1, -0.05) is 6.07 Å². The van der Waals surface area contributed by atoms with E-state index < -0.39 is 0 Å². The van der Waals surface area contributed by atoms with Crippen LogP contribution in [0, 0.1) is 20.8 Å². The standard InChI is InChI=1S/C24H29N5O/c1-16-13-22(30-4)18(3)17(2)19(16)15-29-12-6-8-21(29)20-7-5-9-23(27-20)28-24-14-25-10-11-26-24/h5,7,9-11,13-14,21H,6,8,12,15H2,1-4H3,(H,26,27,28). The fourth-order valence-electron chi connectivity index (χ4n) is 4.31. The van der Waals surface area contributed by atoms with Crippen LogP contribution in [-0.4, -0.2) is 33.5 Å². The molecule has 6 heteroatoms. The average molecular weight is 404 g/mol. The smallest absolute Gasteiger partial charge is 0.150 e. The lowest BCUT2D eigenvalue weighted by Gasteiger charge is -2.27. The molecule has 4 rings (SSSR count). The van der Waals surface area contributed by atoms with Crippen molar-refractivity contribution in [3.05, 3.63) is 70.8 Å². The van der Waals surface area contributed by atoms with Gasteiger partial charge in [-0.2, -0.15) is 0 Å². The fraction of sp³-hybridized carbons (Fsp3) is 0.375. The van der Waals surface area contributed by atoms with E-state index in [0.717, 1.165) is 36.8 Å². The molecule has 1 atom stereocenters. The first-order valence-electron chi connectivity index (χ1n) is 10.4. The molecule has 30 heavy (non-hydrogen) atoms. The summed E-state index contributed by atoms with van der Waals surface area (Å²) in [7, 11) is 1.74. The third-order valence-corrected chi connectivity index (χ3v) is 6.08. The Hall–Kier alpha value is -2.99. The summed E-state index contributed by atoms with van der Waals surface area (Å²) in [5.41, 5.74) is 6.33. The first-order chi connectivity index (χ1) is 14.6. The number of pyridine rings is 1. The maximum atomic E-state index is 5.54. The predicted molar refractivity (Wildman–Crippen MR) is 119 cm³/mol. The molecule has 1 aliphatic heterocycles. The summed E-state index contributed by atoms with van der Waals surface area (Å²) in [6.07, 6.45) is 7.34. The van der Waals surface area contributed by atoms with Crippen molar-refractivity contribution < 1.29 is 4.74 Å². The number of ether oxygens (including phenoxy) is 1. The molecule has 0 saturated carbocycles. The molecule has 1 N–H and O–H groups in total. The van der Waals surface area contributed by atoms with E-state index in [4.69, 9.17) is 9.72 Å². The van der Waals surface area contributed by atoms with Crippen LogP contribution in [0.1, 0.15) is 46.8 Å². The van der Waals surface area contributed by atoms with Crippen molar-refractivity contribution in [2.45, 2.75) is 46.2 Å². The predicted octanol–water partition coefficient (Wildman–Crippen LogP) is 4.89. The number of methoxy groups -OCH3 is 1. The lowest BCUT2D eigenvalue weighted by Crippen LogP contribution is -2.24. The molecule has 3 aromatic rings. The van der Waals surface area contributed by atoms with Crippen LogP contribution in [0.5, 0.6) is 5.75 Å². The van der Waals surface area contributed by atoms with Crippen LogP contribution in [-0.2, 0) is 6.54 Å². The van der Waals surface area contributed by atoms with Crippen molar-refractivity contribution in [3.63, 3.8) is 0 Å². The highest BCUT2D eigenvalue weighted by atomic mass is 16.5. The summed E-state index contributed by atoms with van der Waals surface area (Å²) < 4.78 is 5.54. The second-order valence-corrected chi connectivity index (χ2v) is 7.92. The van der Waals surface area contributed by atoms with Gasteiger partial charge in [0, 0.05) is 18.9 Å². The van der Waals surface area contributed by atoms with Crippen molar-refractivity contribution in [1.82, 2.24) is 19.9 Å². The monoisotopic (exact) mass is 403 g/mol. The Morgan fingerprint density at radius 3 is 2.77 bits per heavy atom. The molecular formula is C24H29N5O. The fourth-order valence-corrected chi connectivity index (χ4v) is 4.31. The number of rotatable bonds is 6. The molecular weight excluding hydrogens is 374 g/mol. The van der Waals surface area contributed by atoms with Crippen molar-refractivity contribution in [3.8, 4) is 5.75 Å². The van der Waals surface area contributed by atoms with Crippen molar-refractivity contribution in [2.24, 2.45) is 0 Å². The third-order valence-electron chi connectivity index (χ3n) is 6.08. The van der Waals surface area contributed by atoms with Gasteiger partial charge < -0.3 is 10.1 Å². The minimum Gasteiger partial charge on any atom is -0.496 e. The molecule has 1 unspecified atom stereocenters. The van der Waals surface area contributed by atoms with Gasteiger partial charge in [0.1, 0.15) is 17.4 Å². The molecule has 0 bridgehead atoms. The topological polar surface area (TPSA) is 63.2 Å². The van der Waals surface area contributed by atoms with Gasteiger partial charge in [-0.05, 0) is 80.6 Å². The molecule has 156 valence electrons.